The van der Waals surface area contributed by atoms with Crippen LogP contribution in [0.1, 0.15) is 52.0 Å². The van der Waals surface area contributed by atoms with Crippen LogP contribution < -0.4 is 10.0 Å². The highest BCUT2D eigenvalue weighted by atomic mass is 32.2. The number of hydrogen-bond donors (Lipinski definition) is 2. The molecule has 31 heavy (non-hydrogen) atoms. The Morgan fingerprint density at radius 3 is 2.32 bits per heavy atom. The van der Waals surface area contributed by atoms with Crippen LogP contribution in [0.15, 0.2) is 71.6 Å². The van der Waals surface area contributed by atoms with Crippen LogP contribution in [0.4, 0.5) is 5.69 Å². The number of aryl methyl sites for hydroxylation is 3. The molecule has 0 bridgehead atoms. The number of carbonyl (C=O) groups excluding carboxylic acids is 1. The fourth-order valence-electron chi connectivity index (χ4n) is 3.55. The Labute approximate surface area is 184 Å². The van der Waals surface area contributed by atoms with Gasteiger partial charge in [-0.2, -0.15) is 0 Å². The fourth-order valence-corrected chi connectivity index (χ4v) is 4.73. The van der Waals surface area contributed by atoms with E-state index in [0.717, 1.165) is 23.1 Å². The van der Waals surface area contributed by atoms with Gasteiger partial charge in [-0.1, -0.05) is 55.0 Å². The van der Waals surface area contributed by atoms with Crippen LogP contribution in [0.3, 0.4) is 0 Å². The molecule has 0 saturated heterocycles. The molecule has 0 unspecified atom stereocenters. The molecule has 0 heterocycles. The first kappa shape index (κ1) is 22.6. The summed E-state index contributed by atoms with van der Waals surface area (Å²) in [6.07, 6.45) is 0.725. The van der Waals surface area contributed by atoms with Crippen molar-refractivity contribution < 1.29 is 13.2 Å². The molecule has 0 aliphatic carbocycles. The van der Waals surface area contributed by atoms with Crippen molar-refractivity contribution in [2.24, 2.45) is 0 Å². The summed E-state index contributed by atoms with van der Waals surface area (Å²) in [5.74, 6) is -0.306. The zero-order chi connectivity index (χ0) is 22.6. The van der Waals surface area contributed by atoms with Crippen LogP contribution >= 0.6 is 0 Å². The van der Waals surface area contributed by atoms with Gasteiger partial charge in [-0.15, -0.1) is 0 Å². The van der Waals surface area contributed by atoms with Crippen LogP contribution in [-0.4, -0.2) is 14.3 Å². The largest absolute Gasteiger partial charge is 0.345 e. The molecule has 0 spiro atoms. The third kappa shape index (κ3) is 5.33. The van der Waals surface area contributed by atoms with Crippen LogP contribution in [0, 0.1) is 20.8 Å². The standard InChI is InChI=1S/C25H28N2O3S/c1-5-23(22-14-13-17(2)15-19(22)4)26-25(28)20-10-8-11-21(16-20)31(29,30)27-24-12-7-6-9-18(24)3/h6-16,23,27H,5H2,1-4H3,(H,26,28)/t23-/m1/s1. The summed E-state index contributed by atoms with van der Waals surface area (Å²) in [5.41, 5.74) is 4.98. The van der Waals surface area contributed by atoms with E-state index in [0.29, 0.717) is 11.3 Å². The second-order valence-corrected chi connectivity index (χ2v) is 9.42. The molecule has 0 saturated carbocycles. The monoisotopic (exact) mass is 436 g/mol. The van der Waals surface area contributed by atoms with Gasteiger partial charge in [0.05, 0.1) is 16.6 Å². The Kier molecular flexibility index (Phi) is 6.81. The molecule has 2 N–H and O–H groups in total. The van der Waals surface area contributed by atoms with E-state index in [1.54, 1.807) is 24.3 Å². The Balaban J connectivity index is 1.83. The number of anilines is 1. The van der Waals surface area contributed by atoms with E-state index in [2.05, 4.69) is 16.1 Å². The van der Waals surface area contributed by atoms with E-state index in [4.69, 9.17) is 0 Å². The van der Waals surface area contributed by atoms with Crippen molar-refractivity contribution in [1.29, 1.82) is 0 Å². The zero-order valence-electron chi connectivity index (χ0n) is 18.3. The second-order valence-electron chi connectivity index (χ2n) is 7.74. The lowest BCUT2D eigenvalue weighted by atomic mass is 9.97. The summed E-state index contributed by atoms with van der Waals surface area (Å²) in [6, 6.07) is 19.3. The lowest BCUT2D eigenvalue weighted by molar-refractivity contribution is 0.0935. The Morgan fingerprint density at radius 1 is 0.903 bits per heavy atom. The van der Waals surface area contributed by atoms with Gasteiger partial charge in [0.25, 0.3) is 15.9 Å². The molecule has 0 aliphatic heterocycles. The predicted octanol–water partition coefficient (Wildman–Crippen LogP) is 5.29. The van der Waals surface area contributed by atoms with Gasteiger partial charge in [0.1, 0.15) is 0 Å². The minimum Gasteiger partial charge on any atom is -0.345 e. The zero-order valence-corrected chi connectivity index (χ0v) is 19.1. The van der Waals surface area contributed by atoms with Gasteiger partial charge in [-0.25, -0.2) is 8.42 Å². The van der Waals surface area contributed by atoms with Gasteiger partial charge in [0.15, 0.2) is 0 Å². The molecule has 3 aromatic carbocycles. The third-order valence-corrected chi connectivity index (χ3v) is 6.67. The van der Waals surface area contributed by atoms with Crippen molar-refractivity contribution >= 4 is 21.6 Å². The Hall–Kier alpha value is -3.12. The molecular formula is C25H28N2O3S. The van der Waals surface area contributed by atoms with Crippen molar-refractivity contribution in [3.05, 3.63) is 94.5 Å². The minimum absolute atomic E-state index is 0.0444. The maximum atomic E-state index is 12.9. The van der Waals surface area contributed by atoms with E-state index in [1.165, 1.54) is 17.7 Å². The van der Waals surface area contributed by atoms with Crippen molar-refractivity contribution in [3.63, 3.8) is 0 Å². The molecule has 0 fully saturated rings. The first-order valence-corrected chi connectivity index (χ1v) is 11.8. The molecule has 0 radical (unpaired) electrons. The highest BCUT2D eigenvalue weighted by molar-refractivity contribution is 7.92. The van der Waals surface area contributed by atoms with E-state index in [1.807, 2.05) is 52.0 Å². The number of nitrogens with one attached hydrogen (secondary N) is 2. The summed E-state index contributed by atoms with van der Waals surface area (Å²) >= 11 is 0. The average molecular weight is 437 g/mol. The summed E-state index contributed by atoms with van der Waals surface area (Å²) in [5, 5.41) is 3.04. The molecular weight excluding hydrogens is 408 g/mol. The minimum atomic E-state index is -3.82. The maximum Gasteiger partial charge on any atom is 0.261 e. The molecule has 5 nitrogen and oxygen atoms in total. The molecule has 6 heteroatoms. The molecule has 0 aromatic heterocycles. The van der Waals surface area contributed by atoms with Crippen molar-refractivity contribution in [3.8, 4) is 0 Å². The van der Waals surface area contributed by atoms with Crippen LogP contribution in [-0.2, 0) is 10.0 Å². The van der Waals surface area contributed by atoms with Gasteiger partial charge < -0.3 is 5.32 Å². The van der Waals surface area contributed by atoms with Gasteiger partial charge in [0.2, 0.25) is 0 Å². The smallest absolute Gasteiger partial charge is 0.261 e. The number of sulfonamides is 1. The van der Waals surface area contributed by atoms with Gasteiger partial charge in [0, 0.05) is 5.56 Å². The SMILES string of the molecule is CC[C@@H](NC(=O)c1cccc(S(=O)(=O)Nc2ccccc2C)c1)c1ccc(C)cc1C. The number of carbonyl (C=O) groups is 1. The molecule has 3 aromatic rings. The van der Waals surface area contributed by atoms with Gasteiger partial charge in [-0.05, 0) is 68.1 Å². The Bertz CT molecular complexity index is 1200. The van der Waals surface area contributed by atoms with Crippen LogP contribution in [0.5, 0.6) is 0 Å². The van der Waals surface area contributed by atoms with Gasteiger partial charge >= 0.3 is 0 Å². The van der Waals surface area contributed by atoms with E-state index >= 15 is 0 Å². The number of para-hydroxylation sites is 1. The van der Waals surface area contributed by atoms with Crippen LogP contribution in [0.2, 0.25) is 0 Å². The number of benzene rings is 3. The Morgan fingerprint density at radius 2 is 1.65 bits per heavy atom. The summed E-state index contributed by atoms with van der Waals surface area (Å²) < 4.78 is 28.3. The molecule has 3 rings (SSSR count). The topological polar surface area (TPSA) is 75.3 Å². The molecule has 0 aliphatic rings. The average Bonchev–Trinajstić information content (AvgIpc) is 2.74. The van der Waals surface area contributed by atoms with Gasteiger partial charge in [-0.3, -0.25) is 9.52 Å². The first-order chi connectivity index (χ1) is 14.7. The second kappa shape index (κ2) is 9.35. The van der Waals surface area contributed by atoms with E-state index in [9.17, 15) is 13.2 Å². The molecule has 162 valence electrons. The quantitative estimate of drug-likeness (QED) is 0.528. The van der Waals surface area contributed by atoms with Crippen molar-refractivity contribution in [2.45, 2.75) is 45.1 Å². The van der Waals surface area contributed by atoms with Crippen molar-refractivity contribution in [2.75, 3.05) is 4.72 Å². The lowest BCUT2D eigenvalue weighted by Gasteiger charge is -2.20. The normalized spacial score (nSPS) is 12.3. The van der Waals surface area contributed by atoms with E-state index < -0.39 is 10.0 Å². The van der Waals surface area contributed by atoms with Crippen molar-refractivity contribution in [1.82, 2.24) is 5.32 Å². The number of rotatable bonds is 7. The van der Waals surface area contributed by atoms with E-state index in [-0.39, 0.29) is 16.8 Å². The predicted molar refractivity (Wildman–Crippen MR) is 125 cm³/mol. The van der Waals surface area contributed by atoms with Crippen LogP contribution in [0.25, 0.3) is 0 Å². The summed E-state index contributed by atoms with van der Waals surface area (Å²) in [7, 11) is -3.82. The summed E-state index contributed by atoms with van der Waals surface area (Å²) in [4.78, 5) is 13.0. The number of hydrogen-bond acceptors (Lipinski definition) is 3. The highest BCUT2D eigenvalue weighted by Crippen LogP contribution is 2.23. The molecule has 1 atom stereocenters. The maximum absolute atomic E-state index is 12.9. The first-order valence-electron chi connectivity index (χ1n) is 10.3. The number of amides is 1. The lowest BCUT2D eigenvalue weighted by Crippen LogP contribution is -2.29. The fraction of sp³-hybridized carbons (Fsp3) is 0.240. The highest BCUT2D eigenvalue weighted by Gasteiger charge is 2.20. The molecule has 1 amide bonds. The third-order valence-electron chi connectivity index (χ3n) is 5.31. The summed E-state index contributed by atoms with van der Waals surface area (Å²) in [6.45, 7) is 7.91.